The number of aldehydes is 1. The molecule has 0 fully saturated rings. The van der Waals surface area contributed by atoms with Crippen molar-refractivity contribution >= 4 is 12.2 Å². The second-order valence-corrected chi connectivity index (χ2v) is 4.43. The molecule has 0 radical (unpaired) electrons. The van der Waals surface area contributed by atoms with Crippen molar-refractivity contribution < 1.29 is 9.59 Å². The number of carbonyl (C=O) groups is 2. The van der Waals surface area contributed by atoms with Crippen LogP contribution >= 0.6 is 0 Å². The van der Waals surface area contributed by atoms with Crippen LogP contribution < -0.4 is 5.32 Å². The highest BCUT2D eigenvalue weighted by Gasteiger charge is 2.02. The Morgan fingerprint density at radius 1 is 1.23 bits per heavy atom. The molecule has 1 amide bonds. The van der Waals surface area contributed by atoms with Gasteiger partial charge in [-0.2, -0.15) is 0 Å². The highest BCUT2D eigenvalue weighted by molar-refractivity contribution is 5.75. The van der Waals surface area contributed by atoms with E-state index in [2.05, 4.69) is 11.9 Å². The molecule has 0 unspecified atom stereocenters. The number of likely N-dealkylation sites (N-methyl/N-ethyl adjacent to an activating group) is 2. The lowest BCUT2D eigenvalue weighted by atomic mass is 10.2. The number of benzene rings is 1. The summed E-state index contributed by atoms with van der Waals surface area (Å²) >= 11 is 0. The highest BCUT2D eigenvalue weighted by Crippen LogP contribution is 2.02. The third kappa shape index (κ3) is 7.85. The fraction of sp³-hybridized carbons (Fsp3) is 0.222. The zero-order valence-electron chi connectivity index (χ0n) is 13.7. The van der Waals surface area contributed by atoms with E-state index in [0.29, 0.717) is 5.70 Å². The van der Waals surface area contributed by atoms with Crippen LogP contribution in [0.5, 0.6) is 0 Å². The Morgan fingerprint density at radius 3 is 2.18 bits per heavy atom. The summed E-state index contributed by atoms with van der Waals surface area (Å²) in [7, 11) is 3.54. The number of nitrogens with zero attached hydrogens (tertiary/aromatic N) is 1. The summed E-state index contributed by atoms with van der Waals surface area (Å²) in [6.45, 7) is 7.23. The number of rotatable bonds is 5. The summed E-state index contributed by atoms with van der Waals surface area (Å²) < 4.78 is 0. The van der Waals surface area contributed by atoms with Gasteiger partial charge in [-0.25, -0.2) is 0 Å². The van der Waals surface area contributed by atoms with Crippen molar-refractivity contribution in [3.63, 3.8) is 0 Å². The standard InChI is InChI=1S/C11H18N2O.C7H6O/c1-6-11(12-4)8-7-9(2)13(5)10(3)14;8-6-7-4-2-1-3-5-7/h6-8,12H,2H2,1,3-5H3;1-6H/b8-7-,11-6+;. The Hall–Kier alpha value is -2.62. The van der Waals surface area contributed by atoms with Crippen LogP contribution in [0.4, 0.5) is 0 Å². The number of hydrogen-bond acceptors (Lipinski definition) is 3. The first-order valence-corrected chi connectivity index (χ1v) is 6.91. The first-order valence-electron chi connectivity index (χ1n) is 6.91. The Balaban J connectivity index is 0.000000461. The normalized spacial score (nSPS) is 10.5. The maximum absolute atomic E-state index is 11.0. The molecule has 0 saturated heterocycles. The van der Waals surface area contributed by atoms with Gasteiger partial charge in [-0.1, -0.05) is 43.0 Å². The molecule has 1 N–H and O–H groups in total. The fourth-order valence-corrected chi connectivity index (χ4v) is 1.36. The summed E-state index contributed by atoms with van der Waals surface area (Å²) in [5.41, 5.74) is 2.39. The molecular formula is C18H24N2O2. The number of hydrogen-bond donors (Lipinski definition) is 1. The van der Waals surface area contributed by atoms with Crippen LogP contribution in [0.3, 0.4) is 0 Å². The molecule has 1 rings (SSSR count). The predicted molar refractivity (Wildman–Crippen MR) is 91.4 cm³/mol. The maximum atomic E-state index is 11.0. The predicted octanol–water partition coefficient (Wildman–Crippen LogP) is 3.16. The number of amides is 1. The van der Waals surface area contributed by atoms with Crippen molar-refractivity contribution in [1.29, 1.82) is 0 Å². The van der Waals surface area contributed by atoms with Crippen molar-refractivity contribution in [1.82, 2.24) is 10.2 Å². The van der Waals surface area contributed by atoms with Gasteiger partial charge in [0.1, 0.15) is 6.29 Å². The molecule has 118 valence electrons. The lowest BCUT2D eigenvalue weighted by Gasteiger charge is -2.14. The minimum absolute atomic E-state index is 0.0221. The third-order valence-electron chi connectivity index (χ3n) is 2.89. The zero-order chi connectivity index (χ0) is 17.0. The van der Waals surface area contributed by atoms with E-state index in [1.165, 1.54) is 11.8 Å². The van der Waals surface area contributed by atoms with Gasteiger partial charge in [-0.15, -0.1) is 0 Å². The molecule has 4 heteroatoms. The smallest absolute Gasteiger partial charge is 0.223 e. The average Bonchev–Trinajstić information content (AvgIpc) is 2.56. The van der Waals surface area contributed by atoms with Gasteiger partial charge >= 0.3 is 0 Å². The van der Waals surface area contributed by atoms with Gasteiger partial charge in [-0.05, 0) is 19.1 Å². The van der Waals surface area contributed by atoms with Gasteiger partial charge in [0.05, 0.1) is 0 Å². The van der Waals surface area contributed by atoms with E-state index in [4.69, 9.17) is 0 Å². The maximum Gasteiger partial charge on any atom is 0.223 e. The fourth-order valence-electron chi connectivity index (χ4n) is 1.36. The second kappa shape index (κ2) is 11.1. The van der Waals surface area contributed by atoms with Crippen LogP contribution in [0.1, 0.15) is 24.2 Å². The molecule has 0 aromatic heterocycles. The molecule has 0 aliphatic heterocycles. The molecule has 0 atom stereocenters. The van der Waals surface area contributed by atoms with E-state index in [0.717, 1.165) is 17.5 Å². The second-order valence-electron chi connectivity index (χ2n) is 4.43. The summed E-state index contributed by atoms with van der Waals surface area (Å²) in [4.78, 5) is 22.5. The molecule has 1 aromatic carbocycles. The number of carbonyl (C=O) groups excluding carboxylic acids is 2. The van der Waals surface area contributed by atoms with Crippen LogP contribution in [-0.2, 0) is 4.79 Å². The molecule has 4 nitrogen and oxygen atoms in total. The third-order valence-corrected chi connectivity index (χ3v) is 2.89. The van der Waals surface area contributed by atoms with E-state index in [-0.39, 0.29) is 5.91 Å². The Morgan fingerprint density at radius 2 is 1.82 bits per heavy atom. The van der Waals surface area contributed by atoms with E-state index in [1.807, 2.05) is 44.3 Å². The first-order chi connectivity index (χ1) is 10.5. The Kier molecular flexibility index (Phi) is 9.76. The van der Waals surface area contributed by atoms with E-state index < -0.39 is 0 Å². The number of allylic oxidation sites excluding steroid dienone is 3. The zero-order valence-corrected chi connectivity index (χ0v) is 13.7. The molecule has 0 aliphatic rings. The lowest BCUT2D eigenvalue weighted by molar-refractivity contribution is -0.125. The summed E-state index contributed by atoms with van der Waals surface area (Å²) in [6, 6.07) is 9.10. The van der Waals surface area contributed by atoms with Gasteiger partial charge in [0.25, 0.3) is 0 Å². The quantitative estimate of drug-likeness (QED) is 0.671. The summed E-state index contributed by atoms with van der Waals surface area (Å²) in [5, 5.41) is 3.00. The molecule has 0 aliphatic carbocycles. The molecule has 0 spiro atoms. The van der Waals surface area contributed by atoms with E-state index >= 15 is 0 Å². The average molecular weight is 300 g/mol. The Labute approximate surface area is 132 Å². The van der Waals surface area contributed by atoms with Crippen molar-refractivity contribution in [2.75, 3.05) is 14.1 Å². The van der Waals surface area contributed by atoms with Crippen molar-refractivity contribution in [3.8, 4) is 0 Å². The number of nitrogens with one attached hydrogen (secondary N) is 1. The minimum atomic E-state index is -0.0221. The van der Waals surface area contributed by atoms with Crippen LogP contribution in [0, 0.1) is 0 Å². The molecule has 0 heterocycles. The molecule has 0 bridgehead atoms. The largest absolute Gasteiger partial charge is 0.388 e. The van der Waals surface area contributed by atoms with E-state index in [1.54, 1.807) is 25.3 Å². The molecule has 0 saturated carbocycles. The monoisotopic (exact) mass is 300 g/mol. The van der Waals surface area contributed by atoms with Crippen molar-refractivity contribution in [2.45, 2.75) is 13.8 Å². The molecular weight excluding hydrogens is 276 g/mol. The van der Waals surface area contributed by atoms with Gasteiger partial charge in [0.15, 0.2) is 0 Å². The molecule has 22 heavy (non-hydrogen) atoms. The van der Waals surface area contributed by atoms with Gasteiger partial charge in [0, 0.05) is 38.0 Å². The topological polar surface area (TPSA) is 49.4 Å². The van der Waals surface area contributed by atoms with Crippen molar-refractivity contribution in [2.24, 2.45) is 0 Å². The van der Waals surface area contributed by atoms with Crippen LogP contribution in [0.15, 0.2) is 66.5 Å². The molecule has 1 aromatic rings. The van der Waals surface area contributed by atoms with Gasteiger partial charge < -0.3 is 10.2 Å². The van der Waals surface area contributed by atoms with E-state index in [9.17, 15) is 9.59 Å². The first kappa shape index (κ1) is 19.4. The lowest BCUT2D eigenvalue weighted by Crippen LogP contribution is -2.21. The van der Waals surface area contributed by atoms with Crippen molar-refractivity contribution in [3.05, 3.63) is 72.1 Å². The summed E-state index contributed by atoms with van der Waals surface area (Å²) in [5.74, 6) is -0.0221. The minimum Gasteiger partial charge on any atom is -0.388 e. The van der Waals surface area contributed by atoms with Crippen LogP contribution in [0.2, 0.25) is 0 Å². The highest BCUT2D eigenvalue weighted by atomic mass is 16.2. The van der Waals surface area contributed by atoms with Crippen LogP contribution in [-0.4, -0.2) is 31.2 Å². The van der Waals surface area contributed by atoms with Gasteiger partial charge in [-0.3, -0.25) is 9.59 Å². The SMILES string of the molecule is C=C(/C=C\C(=C/C)NC)N(C)C(C)=O.O=Cc1ccccc1. The van der Waals surface area contributed by atoms with Crippen LogP contribution in [0.25, 0.3) is 0 Å². The Bertz CT molecular complexity index is 545. The summed E-state index contributed by atoms with van der Waals surface area (Å²) in [6.07, 6.45) is 6.45. The van der Waals surface area contributed by atoms with Gasteiger partial charge in [0.2, 0.25) is 5.91 Å².